The molecule has 1 saturated carbocycles. The highest BCUT2D eigenvalue weighted by Gasteiger charge is 2.37. The average molecular weight is 154 g/mol. The van der Waals surface area contributed by atoms with Crippen molar-refractivity contribution >= 4 is 6.02 Å². The molecule has 2 N–H and O–H groups in total. The molecule has 0 amide bonds. The molecule has 3 heteroatoms. The molecule has 0 aromatic rings. The third kappa shape index (κ3) is 1.47. The van der Waals surface area contributed by atoms with Crippen molar-refractivity contribution in [3.8, 4) is 0 Å². The lowest BCUT2D eigenvalue weighted by atomic mass is 9.97. The van der Waals surface area contributed by atoms with Crippen molar-refractivity contribution in [1.29, 1.82) is 0 Å². The lowest BCUT2D eigenvalue weighted by Crippen LogP contribution is -2.24. The van der Waals surface area contributed by atoms with E-state index in [0.717, 1.165) is 12.3 Å². The quantitative estimate of drug-likeness (QED) is 0.642. The van der Waals surface area contributed by atoms with Crippen LogP contribution in [-0.2, 0) is 4.74 Å². The van der Waals surface area contributed by atoms with Gasteiger partial charge >= 0.3 is 0 Å². The van der Waals surface area contributed by atoms with Crippen molar-refractivity contribution in [3.63, 3.8) is 0 Å². The highest BCUT2D eigenvalue weighted by atomic mass is 16.5. The summed E-state index contributed by atoms with van der Waals surface area (Å²) in [4.78, 5) is 4.27. The van der Waals surface area contributed by atoms with Gasteiger partial charge in [0.2, 0.25) is 0 Å². The Bertz CT molecular complexity index is 198. The largest absolute Gasteiger partial charge is 0.463 e. The Balaban J connectivity index is 1.98. The molecule has 1 heterocycles. The number of hydrogen-bond donors (Lipinski definition) is 1. The van der Waals surface area contributed by atoms with Gasteiger partial charge in [0, 0.05) is 0 Å². The van der Waals surface area contributed by atoms with Crippen LogP contribution in [0.4, 0.5) is 0 Å². The van der Waals surface area contributed by atoms with E-state index < -0.39 is 0 Å². The molecule has 0 spiro atoms. The maximum absolute atomic E-state index is 5.43. The Kier molecular flexibility index (Phi) is 1.34. The first-order chi connectivity index (χ1) is 5.18. The summed E-state index contributed by atoms with van der Waals surface area (Å²) in [5.74, 6) is 0.887. The molecular weight excluding hydrogens is 140 g/mol. The maximum Gasteiger partial charge on any atom is 0.282 e. The lowest BCUT2D eigenvalue weighted by Gasteiger charge is -2.16. The third-order valence-corrected chi connectivity index (χ3v) is 2.34. The summed E-state index contributed by atoms with van der Waals surface area (Å²) in [6, 6.07) is 0.369. The Morgan fingerprint density at radius 1 is 1.73 bits per heavy atom. The maximum atomic E-state index is 5.43. The first kappa shape index (κ1) is 6.95. The van der Waals surface area contributed by atoms with Crippen LogP contribution >= 0.6 is 0 Å². The predicted octanol–water partition coefficient (Wildman–Crippen LogP) is 0.890. The monoisotopic (exact) mass is 154 g/mol. The summed E-state index contributed by atoms with van der Waals surface area (Å²) in [6.07, 6.45) is 3.88. The molecule has 1 aliphatic carbocycles. The summed E-state index contributed by atoms with van der Waals surface area (Å²) < 4.78 is 5.12. The second kappa shape index (κ2) is 2.13. The van der Waals surface area contributed by atoms with Gasteiger partial charge in [-0.3, -0.25) is 0 Å². The van der Waals surface area contributed by atoms with Gasteiger partial charge in [-0.2, -0.15) is 0 Å². The van der Waals surface area contributed by atoms with E-state index in [0.29, 0.717) is 12.6 Å². The van der Waals surface area contributed by atoms with Gasteiger partial charge < -0.3 is 10.5 Å². The van der Waals surface area contributed by atoms with E-state index in [2.05, 4.69) is 11.9 Å². The van der Waals surface area contributed by atoms with Crippen LogP contribution in [0.1, 0.15) is 26.2 Å². The normalized spacial score (nSPS) is 36.6. The van der Waals surface area contributed by atoms with E-state index in [-0.39, 0.29) is 5.54 Å². The summed E-state index contributed by atoms with van der Waals surface area (Å²) in [7, 11) is 0. The molecule has 2 aliphatic rings. The number of aliphatic imine (C=N–C) groups is 1. The first-order valence-corrected chi connectivity index (χ1v) is 4.16. The predicted molar refractivity (Wildman–Crippen MR) is 43.3 cm³/mol. The lowest BCUT2D eigenvalue weighted by molar-refractivity contribution is 0.249. The van der Waals surface area contributed by atoms with Gasteiger partial charge in [0.1, 0.15) is 6.61 Å². The number of ether oxygens (including phenoxy) is 1. The van der Waals surface area contributed by atoms with Crippen molar-refractivity contribution in [3.05, 3.63) is 0 Å². The van der Waals surface area contributed by atoms with Crippen LogP contribution in [0.15, 0.2) is 4.99 Å². The van der Waals surface area contributed by atoms with Crippen molar-refractivity contribution in [2.24, 2.45) is 16.6 Å². The fourth-order valence-corrected chi connectivity index (χ4v) is 1.61. The SMILES string of the molecule is CC1(CC2CC2)COC(N)=N1. The van der Waals surface area contributed by atoms with E-state index in [1.807, 2.05) is 0 Å². The summed E-state index contributed by atoms with van der Waals surface area (Å²) in [5, 5.41) is 0. The van der Waals surface area contributed by atoms with Gasteiger partial charge in [0.15, 0.2) is 0 Å². The van der Waals surface area contributed by atoms with Gasteiger partial charge in [-0.25, -0.2) is 4.99 Å². The molecule has 0 radical (unpaired) electrons. The zero-order valence-corrected chi connectivity index (χ0v) is 6.84. The standard InChI is InChI=1S/C8H14N2O/c1-8(4-6-2-3-6)5-11-7(9)10-8/h6H,2-5H2,1H3,(H2,9,10). The van der Waals surface area contributed by atoms with Gasteiger partial charge in [0.05, 0.1) is 5.54 Å². The minimum Gasteiger partial charge on any atom is -0.463 e. The fraction of sp³-hybridized carbons (Fsp3) is 0.875. The van der Waals surface area contributed by atoms with Crippen LogP contribution in [-0.4, -0.2) is 18.2 Å². The fourth-order valence-electron chi connectivity index (χ4n) is 1.61. The van der Waals surface area contributed by atoms with Crippen molar-refractivity contribution in [2.75, 3.05) is 6.61 Å². The van der Waals surface area contributed by atoms with Gasteiger partial charge in [-0.15, -0.1) is 0 Å². The van der Waals surface area contributed by atoms with Crippen LogP contribution in [0, 0.1) is 5.92 Å². The summed E-state index contributed by atoms with van der Waals surface area (Å²) in [6.45, 7) is 2.79. The Labute approximate surface area is 66.6 Å². The van der Waals surface area contributed by atoms with Gasteiger partial charge in [-0.1, -0.05) is 12.8 Å². The van der Waals surface area contributed by atoms with E-state index >= 15 is 0 Å². The zero-order valence-electron chi connectivity index (χ0n) is 6.84. The Morgan fingerprint density at radius 3 is 2.91 bits per heavy atom. The molecule has 1 unspecified atom stereocenters. The van der Waals surface area contributed by atoms with Crippen LogP contribution in [0.2, 0.25) is 0 Å². The van der Waals surface area contributed by atoms with E-state index in [1.165, 1.54) is 12.8 Å². The summed E-state index contributed by atoms with van der Waals surface area (Å²) in [5.41, 5.74) is 5.43. The molecule has 2 rings (SSSR count). The number of rotatable bonds is 2. The molecule has 62 valence electrons. The first-order valence-electron chi connectivity index (χ1n) is 4.16. The minimum atomic E-state index is -0.00868. The minimum absolute atomic E-state index is 0.00868. The summed E-state index contributed by atoms with van der Waals surface area (Å²) >= 11 is 0. The molecule has 1 atom stereocenters. The Morgan fingerprint density at radius 2 is 2.45 bits per heavy atom. The van der Waals surface area contributed by atoms with Crippen LogP contribution in [0.25, 0.3) is 0 Å². The van der Waals surface area contributed by atoms with Crippen LogP contribution < -0.4 is 5.73 Å². The van der Waals surface area contributed by atoms with E-state index in [1.54, 1.807) is 0 Å². The molecule has 3 nitrogen and oxygen atoms in total. The topological polar surface area (TPSA) is 47.6 Å². The van der Waals surface area contributed by atoms with Crippen molar-refractivity contribution < 1.29 is 4.74 Å². The molecule has 0 saturated heterocycles. The third-order valence-electron chi connectivity index (χ3n) is 2.34. The van der Waals surface area contributed by atoms with E-state index in [9.17, 15) is 0 Å². The second-order valence-corrected chi connectivity index (χ2v) is 3.88. The highest BCUT2D eigenvalue weighted by molar-refractivity contribution is 5.73. The number of hydrogen-bond acceptors (Lipinski definition) is 3. The van der Waals surface area contributed by atoms with Crippen molar-refractivity contribution in [1.82, 2.24) is 0 Å². The van der Waals surface area contributed by atoms with Gasteiger partial charge in [0.25, 0.3) is 6.02 Å². The van der Waals surface area contributed by atoms with Crippen LogP contribution in [0.3, 0.4) is 0 Å². The molecule has 1 aliphatic heterocycles. The number of nitrogens with two attached hydrogens (primary N) is 1. The average Bonchev–Trinajstić information content (AvgIpc) is 2.62. The molecule has 11 heavy (non-hydrogen) atoms. The smallest absolute Gasteiger partial charge is 0.282 e. The molecule has 0 aromatic heterocycles. The number of nitrogens with zero attached hydrogens (tertiary/aromatic N) is 1. The highest BCUT2D eigenvalue weighted by Crippen LogP contribution is 2.39. The molecule has 0 aromatic carbocycles. The molecular formula is C8H14N2O. The number of amidine groups is 1. The van der Waals surface area contributed by atoms with Crippen LogP contribution in [0.5, 0.6) is 0 Å². The second-order valence-electron chi connectivity index (χ2n) is 3.88. The van der Waals surface area contributed by atoms with Gasteiger partial charge in [-0.05, 0) is 19.3 Å². The molecule has 1 fully saturated rings. The van der Waals surface area contributed by atoms with E-state index in [4.69, 9.17) is 10.5 Å². The molecule has 0 bridgehead atoms. The Hall–Kier alpha value is -0.730. The van der Waals surface area contributed by atoms with Crippen molar-refractivity contribution in [2.45, 2.75) is 31.7 Å². The zero-order chi connectivity index (χ0) is 7.90.